The summed E-state index contributed by atoms with van der Waals surface area (Å²) in [5, 5.41) is 7.46. The number of nitrogens with two attached hydrogens (primary N) is 1. The minimum atomic E-state index is 0.607. The van der Waals surface area contributed by atoms with Crippen LogP contribution in [0.4, 0.5) is 5.69 Å². The first kappa shape index (κ1) is 9.51. The smallest absolute Gasteiger partial charge is 0.142 e. The maximum Gasteiger partial charge on any atom is 0.142 e. The number of nitrogen functional groups attached to an aromatic ring is 1. The average Bonchev–Trinajstić information content (AvgIpc) is 2.74. The van der Waals surface area contributed by atoms with Gasteiger partial charge in [-0.15, -0.1) is 10.2 Å². The van der Waals surface area contributed by atoms with Gasteiger partial charge in [0.05, 0.1) is 18.0 Å². The summed E-state index contributed by atoms with van der Waals surface area (Å²) in [6.07, 6.45) is 3.24. The lowest BCUT2D eigenvalue weighted by Crippen LogP contribution is -1.98. The van der Waals surface area contributed by atoms with Gasteiger partial charge in [0.15, 0.2) is 0 Å². The van der Waals surface area contributed by atoms with E-state index in [1.54, 1.807) is 17.2 Å². The van der Waals surface area contributed by atoms with E-state index in [1.165, 1.54) is 0 Å². The summed E-state index contributed by atoms with van der Waals surface area (Å²) >= 11 is 0. The van der Waals surface area contributed by atoms with E-state index < -0.39 is 0 Å². The predicted molar refractivity (Wildman–Crippen MR) is 56.9 cm³/mol. The zero-order valence-corrected chi connectivity index (χ0v) is 8.42. The minimum Gasteiger partial charge on any atom is -0.492 e. The van der Waals surface area contributed by atoms with E-state index in [9.17, 15) is 0 Å². The molecule has 5 heteroatoms. The number of ether oxygens (including phenoxy) is 1. The van der Waals surface area contributed by atoms with Gasteiger partial charge >= 0.3 is 0 Å². The van der Waals surface area contributed by atoms with Crippen molar-refractivity contribution in [2.45, 2.75) is 6.92 Å². The quantitative estimate of drug-likeness (QED) is 0.764. The summed E-state index contributed by atoms with van der Waals surface area (Å²) in [5.41, 5.74) is 7.37. The lowest BCUT2D eigenvalue weighted by Gasteiger charge is -2.08. The maximum absolute atomic E-state index is 5.83. The Labute approximate surface area is 87.5 Å². The zero-order chi connectivity index (χ0) is 10.7. The van der Waals surface area contributed by atoms with Crippen molar-refractivity contribution < 1.29 is 4.74 Å². The number of aromatic nitrogens is 3. The predicted octanol–water partition coefficient (Wildman–Crippen LogP) is 1.25. The van der Waals surface area contributed by atoms with Crippen LogP contribution < -0.4 is 10.5 Å². The molecule has 0 bridgehead atoms. The number of hydrogen-bond acceptors (Lipinski definition) is 4. The molecule has 2 aromatic rings. The molecule has 2 N–H and O–H groups in total. The van der Waals surface area contributed by atoms with Gasteiger partial charge in [0.1, 0.15) is 18.4 Å². The Morgan fingerprint density at radius 3 is 2.67 bits per heavy atom. The standard InChI is InChI=1S/C10H12N4O/c1-2-15-10-4-3-8(5-9(10)11)14-6-12-13-7-14/h3-7H,2,11H2,1H3. The van der Waals surface area contributed by atoms with Crippen LogP contribution in [-0.4, -0.2) is 21.4 Å². The van der Waals surface area contributed by atoms with Crippen LogP contribution in [0.15, 0.2) is 30.9 Å². The zero-order valence-electron chi connectivity index (χ0n) is 8.42. The van der Waals surface area contributed by atoms with E-state index in [4.69, 9.17) is 10.5 Å². The Balaban J connectivity index is 2.33. The third-order valence-electron chi connectivity index (χ3n) is 2.01. The van der Waals surface area contributed by atoms with Gasteiger partial charge in [-0.05, 0) is 25.1 Å². The molecule has 0 saturated heterocycles. The van der Waals surface area contributed by atoms with Gasteiger partial charge in [-0.3, -0.25) is 4.57 Å². The number of benzene rings is 1. The fourth-order valence-electron chi connectivity index (χ4n) is 1.32. The monoisotopic (exact) mass is 204 g/mol. The van der Waals surface area contributed by atoms with Crippen molar-refractivity contribution in [1.82, 2.24) is 14.8 Å². The molecule has 78 valence electrons. The van der Waals surface area contributed by atoms with Crippen molar-refractivity contribution in [3.63, 3.8) is 0 Å². The summed E-state index contributed by atoms with van der Waals surface area (Å²) in [4.78, 5) is 0. The molecule has 2 rings (SSSR count). The third kappa shape index (κ3) is 1.90. The van der Waals surface area contributed by atoms with Crippen LogP contribution in [0.2, 0.25) is 0 Å². The fraction of sp³-hybridized carbons (Fsp3) is 0.200. The van der Waals surface area contributed by atoms with Crippen LogP contribution in [-0.2, 0) is 0 Å². The van der Waals surface area contributed by atoms with E-state index in [-0.39, 0.29) is 0 Å². The number of anilines is 1. The van der Waals surface area contributed by atoms with Gasteiger partial charge in [0, 0.05) is 0 Å². The average molecular weight is 204 g/mol. The number of rotatable bonds is 3. The van der Waals surface area contributed by atoms with Crippen molar-refractivity contribution >= 4 is 5.69 Å². The molecule has 0 fully saturated rings. The molecule has 0 saturated carbocycles. The highest BCUT2D eigenvalue weighted by Crippen LogP contribution is 2.23. The van der Waals surface area contributed by atoms with Gasteiger partial charge in [-0.25, -0.2) is 0 Å². The summed E-state index contributed by atoms with van der Waals surface area (Å²) in [5.74, 6) is 0.703. The lowest BCUT2D eigenvalue weighted by atomic mass is 10.2. The Morgan fingerprint density at radius 1 is 1.33 bits per heavy atom. The largest absolute Gasteiger partial charge is 0.492 e. The minimum absolute atomic E-state index is 0.607. The Kier molecular flexibility index (Phi) is 2.53. The molecule has 0 aliphatic rings. The van der Waals surface area contributed by atoms with Gasteiger partial charge in [-0.1, -0.05) is 0 Å². The molecule has 1 aromatic heterocycles. The summed E-state index contributed by atoms with van der Waals surface area (Å²) in [6, 6.07) is 5.58. The summed E-state index contributed by atoms with van der Waals surface area (Å²) in [6.45, 7) is 2.53. The van der Waals surface area contributed by atoms with Crippen LogP contribution in [0.3, 0.4) is 0 Å². The van der Waals surface area contributed by atoms with E-state index >= 15 is 0 Å². The summed E-state index contributed by atoms with van der Waals surface area (Å²) < 4.78 is 7.13. The molecule has 0 aliphatic heterocycles. The molecular weight excluding hydrogens is 192 g/mol. The molecule has 0 amide bonds. The normalized spacial score (nSPS) is 10.2. The second-order valence-corrected chi connectivity index (χ2v) is 3.02. The van der Waals surface area contributed by atoms with E-state index in [0.717, 1.165) is 5.69 Å². The van der Waals surface area contributed by atoms with Gasteiger partial charge in [0.2, 0.25) is 0 Å². The topological polar surface area (TPSA) is 66.0 Å². The molecular formula is C10H12N4O. The van der Waals surface area contributed by atoms with Crippen LogP contribution in [0, 0.1) is 0 Å². The highest BCUT2D eigenvalue weighted by Gasteiger charge is 2.02. The Bertz CT molecular complexity index is 439. The van der Waals surface area contributed by atoms with Crippen molar-refractivity contribution in [3.05, 3.63) is 30.9 Å². The van der Waals surface area contributed by atoms with Crippen LogP contribution in [0.1, 0.15) is 6.92 Å². The number of nitrogens with zero attached hydrogens (tertiary/aromatic N) is 3. The molecule has 0 aliphatic carbocycles. The van der Waals surface area contributed by atoms with Gasteiger partial charge < -0.3 is 10.5 Å². The molecule has 0 spiro atoms. The highest BCUT2D eigenvalue weighted by atomic mass is 16.5. The maximum atomic E-state index is 5.83. The van der Waals surface area contributed by atoms with E-state index in [1.807, 2.05) is 25.1 Å². The number of hydrogen-bond donors (Lipinski definition) is 1. The molecule has 1 heterocycles. The second-order valence-electron chi connectivity index (χ2n) is 3.02. The van der Waals surface area contributed by atoms with Crippen molar-refractivity contribution in [2.75, 3.05) is 12.3 Å². The SMILES string of the molecule is CCOc1ccc(-n2cnnc2)cc1N. The lowest BCUT2D eigenvalue weighted by molar-refractivity contribution is 0.342. The van der Waals surface area contributed by atoms with Gasteiger partial charge in [-0.2, -0.15) is 0 Å². The summed E-state index contributed by atoms with van der Waals surface area (Å²) in [7, 11) is 0. The molecule has 15 heavy (non-hydrogen) atoms. The van der Waals surface area contributed by atoms with E-state index in [0.29, 0.717) is 18.0 Å². The first-order chi connectivity index (χ1) is 7.31. The molecule has 0 unspecified atom stereocenters. The van der Waals surface area contributed by atoms with E-state index in [2.05, 4.69) is 10.2 Å². The molecule has 0 radical (unpaired) electrons. The van der Waals surface area contributed by atoms with Crippen molar-refractivity contribution in [1.29, 1.82) is 0 Å². The Hall–Kier alpha value is -2.04. The molecule has 1 aromatic carbocycles. The molecule has 5 nitrogen and oxygen atoms in total. The van der Waals surface area contributed by atoms with Crippen molar-refractivity contribution in [3.8, 4) is 11.4 Å². The Morgan fingerprint density at radius 2 is 2.07 bits per heavy atom. The van der Waals surface area contributed by atoms with Crippen LogP contribution >= 0.6 is 0 Å². The third-order valence-corrected chi connectivity index (χ3v) is 2.01. The van der Waals surface area contributed by atoms with Crippen LogP contribution in [0.25, 0.3) is 5.69 Å². The first-order valence-electron chi connectivity index (χ1n) is 4.68. The van der Waals surface area contributed by atoms with Crippen molar-refractivity contribution in [2.24, 2.45) is 0 Å². The molecule has 0 atom stereocenters. The van der Waals surface area contributed by atoms with Gasteiger partial charge in [0.25, 0.3) is 0 Å². The fourth-order valence-corrected chi connectivity index (χ4v) is 1.32. The first-order valence-corrected chi connectivity index (χ1v) is 4.68. The second kappa shape index (κ2) is 4.00. The van der Waals surface area contributed by atoms with Crippen LogP contribution in [0.5, 0.6) is 5.75 Å². The highest BCUT2D eigenvalue weighted by molar-refractivity contribution is 5.58.